The number of halogens is 1. The molecule has 20 heavy (non-hydrogen) atoms. The van der Waals surface area contributed by atoms with Crippen LogP contribution in [0.2, 0.25) is 0 Å². The second kappa shape index (κ2) is 5.70. The van der Waals surface area contributed by atoms with Gasteiger partial charge in [-0.3, -0.25) is 0 Å². The number of hydrogen-bond acceptors (Lipinski definition) is 2. The lowest BCUT2D eigenvalue weighted by Crippen LogP contribution is -2.12. The van der Waals surface area contributed by atoms with E-state index in [2.05, 4.69) is 55.9 Å². The van der Waals surface area contributed by atoms with Crippen molar-refractivity contribution in [2.45, 2.75) is 38.6 Å². The predicted octanol–water partition coefficient (Wildman–Crippen LogP) is 3.79. The minimum Gasteiger partial charge on any atom is -0.313 e. The molecule has 1 atom stereocenters. The van der Waals surface area contributed by atoms with Crippen LogP contribution < -0.4 is 5.32 Å². The molecule has 0 saturated carbocycles. The Kier molecular flexibility index (Phi) is 3.94. The number of aryl methyl sites for hydroxylation is 1. The Labute approximate surface area is 128 Å². The van der Waals surface area contributed by atoms with Crippen LogP contribution >= 0.6 is 15.9 Å². The molecular formula is C16H20BrN3. The molecule has 0 amide bonds. The average molecular weight is 334 g/mol. The van der Waals surface area contributed by atoms with E-state index in [1.807, 2.05) is 13.4 Å². The summed E-state index contributed by atoms with van der Waals surface area (Å²) in [5.41, 5.74) is 5.13. The van der Waals surface area contributed by atoms with Gasteiger partial charge < -0.3 is 9.88 Å². The molecule has 1 aromatic heterocycles. The minimum atomic E-state index is 0.358. The van der Waals surface area contributed by atoms with Crippen molar-refractivity contribution in [3.63, 3.8) is 0 Å². The van der Waals surface area contributed by atoms with E-state index in [0.717, 1.165) is 17.3 Å². The first-order valence-electron chi connectivity index (χ1n) is 7.23. The highest BCUT2D eigenvalue weighted by Crippen LogP contribution is 2.29. The summed E-state index contributed by atoms with van der Waals surface area (Å²) in [4.78, 5) is 4.58. The maximum Gasteiger partial charge on any atom is 0.0998 e. The van der Waals surface area contributed by atoms with Crippen molar-refractivity contribution >= 4 is 15.9 Å². The Morgan fingerprint density at radius 3 is 2.85 bits per heavy atom. The van der Waals surface area contributed by atoms with Crippen LogP contribution in [0.15, 0.2) is 29.0 Å². The molecule has 1 unspecified atom stereocenters. The Balaban J connectivity index is 2.00. The zero-order valence-electron chi connectivity index (χ0n) is 12.0. The lowest BCUT2D eigenvalue weighted by atomic mass is 10.0. The second-order valence-corrected chi connectivity index (χ2v) is 6.29. The zero-order chi connectivity index (χ0) is 14.1. The third-order valence-corrected chi connectivity index (χ3v) is 4.83. The minimum absolute atomic E-state index is 0.358. The third kappa shape index (κ3) is 2.42. The molecule has 0 spiro atoms. The average Bonchev–Trinajstić information content (AvgIpc) is 2.90. The van der Waals surface area contributed by atoms with Crippen molar-refractivity contribution in [1.82, 2.24) is 14.9 Å². The highest BCUT2D eigenvalue weighted by atomic mass is 79.9. The smallest absolute Gasteiger partial charge is 0.0998 e. The zero-order valence-corrected chi connectivity index (χ0v) is 13.6. The van der Waals surface area contributed by atoms with Crippen LogP contribution in [0, 0.1) is 0 Å². The lowest BCUT2D eigenvalue weighted by molar-refractivity contribution is 0.649. The summed E-state index contributed by atoms with van der Waals surface area (Å²) in [7, 11) is 1.98. The van der Waals surface area contributed by atoms with Crippen LogP contribution in [0.4, 0.5) is 0 Å². The number of nitrogens with one attached hydrogen (secondary N) is 1. The number of nitrogens with zero attached hydrogens (tertiary/aromatic N) is 2. The fourth-order valence-electron chi connectivity index (χ4n) is 2.83. The summed E-state index contributed by atoms with van der Waals surface area (Å²) < 4.78 is 3.37. The summed E-state index contributed by atoms with van der Waals surface area (Å²) in [5, 5.41) is 3.27. The van der Waals surface area contributed by atoms with Gasteiger partial charge in [0.2, 0.25) is 0 Å². The molecule has 0 saturated heterocycles. The molecule has 1 N–H and O–H groups in total. The van der Waals surface area contributed by atoms with E-state index in [0.29, 0.717) is 6.04 Å². The van der Waals surface area contributed by atoms with E-state index in [1.165, 1.54) is 35.5 Å². The maximum atomic E-state index is 4.58. The van der Waals surface area contributed by atoms with Gasteiger partial charge in [-0.2, -0.15) is 0 Å². The molecular weight excluding hydrogens is 314 g/mol. The molecule has 1 aliphatic carbocycles. The molecule has 0 aliphatic heterocycles. The molecule has 3 nitrogen and oxygen atoms in total. The summed E-state index contributed by atoms with van der Waals surface area (Å²) in [6.07, 6.45) is 6.76. The van der Waals surface area contributed by atoms with E-state index < -0.39 is 0 Å². The maximum absolute atomic E-state index is 4.58. The van der Waals surface area contributed by atoms with Crippen molar-refractivity contribution in [3.05, 3.63) is 46.0 Å². The fraction of sp³-hybridized carbons (Fsp3) is 0.438. The number of hydrogen-bond donors (Lipinski definition) is 1. The fourth-order valence-corrected chi connectivity index (χ4v) is 3.42. The quantitative estimate of drug-likeness (QED) is 0.925. The highest BCUT2D eigenvalue weighted by molar-refractivity contribution is 9.10. The topological polar surface area (TPSA) is 29.9 Å². The van der Waals surface area contributed by atoms with Crippen LogP contribution in [0.25, 0.3) is 5.69 Å². The van der Waals surface area contributed by atoms with E-state index in [4.69, 9.17) is 0 Å². The molecule has 1 heterocycles. The third-order valence-electron chi connectivity index (χ3n) is 4.19. The summed E-state index contributed by atoms with van der Waals surface area (Å²) in [5.74, 6) is 0. The largest absolute Gasteiger partial charge is 0.313 e. The number of fused-ring (bicyclic) bond motifs is 1. The van der Waals surface area contributed by atoms with Gasteiger partial charge in [-0.15, -0.1) is 0 Å². The molecule has 2 aromatic rings. The number of benzene rings is 1. The van der Waals surface area contributed by atoms with E-state index in [-0.39, 0.29) is 0 Å². The molecule has 3 rings (SSSR count). The van der Waals surface area contributed by atoms with Gasteiger partial charge >= 0.3 is 0 Å². The van der Waals surface area contributed by atoms with Gasteiger partial charge in [-0.25, -0.2) is 4.98 Å². The summed E-state index contributed by atoms with van der Waals surface area (Å²) in [6, 6.07) is 6.93. The molecule has 1 aromatic carbocycles. The molecule has 4 heteroatoms. The Hall–Kier alpha value is -1.13. The molecule has 0 bridgehead atoms. The summed E-state index contributed by atoms with van der Waals surface area (Å²) >= 11 is 3.72. The molecule has 0 radical (unpaired) electrons. The number of rotatable bonds is 3. The summed E-state index contributed by atoms with van der Waals surface area (Å²) in [6.45, 7) is 2.17. The van der Waals surface area contributed by atoms with E-state index in [9.17, 15) is 0 Å². The van der Waals surface area contributed by atoms with Crippen LogP contribution in [-0.4, -0.2) is 16.6 Å². The predicted molar refractivity (Wildman–Crippen MR) is 85.4 cm³/mol. The van der Waals surface area contributed by atoms with Crippen molar-refractivity contribution in [1.29, 1.82) is 0 Å². The number of imidazole rings is 1. The van der Waals surface area contributed by atoms with Crippen LogP contribution in [0.5, 0.6) is 0 Å². The van der Waals surface area contributed by atoms with Gasteiger partial charge in [-0.05, 0) is 73.3 Å². The Morgan fingerprint density at radius 2 is 2.10 bits per heavy atom. The van der Waals surface area contributed by atoms with Gasteiger partial charge in [-0.1, -0.05) is 6.07 Å². The Bertz CT molecular complexity index is 618. The molecule has 106 valence electrons. The van der Waals surface area contributed by atoms with Crippen molar-refractivity contribution in [3.8, 4) is 5.69 Å². The van der Waals surface area contributed by atoms with E-state index >= 15 is 0 Å². The first kappa shape index (κ1) is 13.8. The standard InChI is InChI=1S/C16H20BrN3/c1-11(18-2)12-7-8-15(13(17)9-12)20-10-19-14-5-3-4-6-16(14)20/h7-11,18H,3-6H2,1-2H3. The second-order valence-electron chi connectivity index (χ2n) is 5.44. The molecule has 1 aliphatic rings. The number of aromatic nitrogens is 2. The van der Waals surface area contributed by atoms with Crippen LogP contribution in [0.3, 0.4) is 0 Å². The first-order valence-corrected chi connectivity index (χ1v) is 8.02. The van der Waals surface area contributed by atoms with Crippen molar-refractivity contribution in [2.24, 2.45) is 0 Å². The highest BCUT2D eigenvalue weighted by Gasteiger charge is 2.17. The SMILES string of the molecule is CNC(C)c1ccc(-n2cnc3c2CCCC3)c(Br)c1. The monoisotopic (exact) mass is 333 g/mol. The van der Waals surface area contributed by atoms with Gasteiger partial charge in [0.15, 0.2) is 0 Å². The van der Waals surface area contributed by atoms with Crippen LogP contribution in [0.1, 0.15) is 42.8 Å². The van der Waals surface area contributed by atoms with Crippen molar-refractivity contribution < 1.29 is 0 Å². The van der Waals surface area contributed by atoms with Gasteiger partial charge in [0.05, 0.1) is 17.7 Å². The first-order chi connectivity index (χ1) is 9.70. The van der Waals surface area contributed by atoms with Gasteiger partial charge in [0.1, 0.15) is 0 Å². The lowest BCUT2D eigenvalue weighted by Gasteiger charge is -2.17. The Morgan fingerprint density at radius 1 is 1.30 bits per heavy atom. The van der Waals surface area contributed by atoms with E-state index in [1.54, 1.807) is 0 Å². The molecule has 0 fully saturated rings. The normalized spacial score (nSPS) is 15.9. The van der Waals surface area contributed by atoms with Crippen molar-refractivity contribution in [2.75, 3.05) is 7.05 Å². The van der Waals surface area contributed by atoms with Gasteiger partial charge in [0, 0.05) is 16.2 Å². The van der Waals surface area contributed by atoms with Gasteiger partial charge in [0.25, 0.3) is 0 Å². The van der Waals surface area contributed by atoms with Crippen LogP contribution in [-0.2, 0) is 12.8 Å².